The van der Waals surface area contributed by atoms with Gasteiger partial charge in [-0.15, -0.1) is 0 Å². The molecule has 0 unspecified atom stereocenters. The number of hydrogen-bond donors (Lipinski definition) is 0. The van der Waals surface area contributed by atoms with E-state index in [9.17, 15) is 9.59 Å². The fraction of sp³-hybridized carbons (Fsp3) is 0.700. The first-order valence-electron chi connectivity index (χ1n) is 9.31. The van der Waals surface area contributed by atoms with E-state index in [0.29, 0.717) is 13.2 Å². The van der Waals surface area contributed by atoms with Crippen molar-refractivity contribution in [2.45, 2.75) is 51.7 Å². The van der Waals surface area contributed by atoms with Crippen LogP contribution in [0.15, 0.2) is 25.3 Å². The summed E-state index contributed by atoms with van der Waals surface area (Å²) in [7, 11) is 0. The second kappa shape index (κ2) is 9.33. The van der Waals surface area contributed by atoms with Crippen LogP contribution in [0.2, 0.25) is 0 Å². The van der Waals surface area contributed by atoms with E-state index in [2.05, 4.69) is 13.2 Å². The molecule has 2 rings (SSSR count). The Hall–Kier alpha value is -1.66. The van der Waals surface area contributed by atoms with E-state index in [1.165, 1.54) is 12.5 Å². The minimum atomic E-state index is -0.444. The lowest BCUT2D eigenvalue weighted by Crippen LogP contribution is -2.53. The van der Waals surface area contributed by atoms with Crippen LogP contribution in [-0.4, -0.2) is 44.7 Å². The third-order valence-corrected chi connectivity index (χ3v) is 5.54. The van der Waals surface area contributed by atoms with E-state index in [0.717, 1.165) is 38.2 Å². The average molecular weight is 366 g/mol. The molecule has 0 spiro atoms. The van der Waals surface area contributed by atoms with Crippen LogP contribution >= 0.6 is 0 Å². The maximum Gasteiger partial charge on any atom is 0.330 e. The van der Waals surface area contributed by atoms with Gasteiger partial charge in [0.15, 0.2) is 6.29 Å². The van der Waals surface area contributed by atoms with Gasteiger partial charge in [-0.1, -0.05) is 39.3 Å². The Labute approximate surface area is 155 Å². The molecule has 2 fully saturated rings. The summed E-state index contributed by atoms with van der Waals surface area (Å²) >= 11 is 0. The number of carbonyl (C=O) groups excluding carboxylic acids is 2. The topological polar surface area (TPSA) is 71.1 Å². The van der Waals surface area contributed by atoms with Crippen molar-refractivity contribution in [3.8, 4) is 0 Å². The Morgan fingerprint density at radius 1 is 1.00 bits per heavy atom. The van der Waals surface area contributed by atoms with Crippen LogP contribution in [0, 0.1) is 10.8 Å². The van der Waals surface area contributed by atoms with E-state index in [1.54, 1.807) is 0 Å². The zero-order chi connectivity index (χ0) is 19.0. The largest absolute Gasteiger partial charge is 0.462 e. The van der Waals surface area contributed by atoms with Crippen LogP contribution in [0.3, 0.4) is 0 Å². The molecule has 26 heavy (non-hydrogen) atoms. The molecule has 0 N–H and O–H groups in total. The second-order valence-corrected chi connectivity index (χ2v) is 7.35. The SMILES string of the molecule is C=CC(=O)OCC1(CC)COC(C2(COC(=O)C=C)CCCCC2)OC1. The van der Waals surface area contributed by atoms with Gasteiger partial charge in [0, 0.05) is 12.2 Å². The van der Waals surface area contributed by atoms with E-state index in [1.807, 2.05) is 6.92 Å². The van der Waals surface area contributed by atoms with Gasteiger partial charge in [-0.05, 0) is 19.3 Å². The molecule has 1 aliphatic heterocycles. The summed E-state index contributed by atoms with van der Waals surface area (Å²) in [6.07, 6.45) is 7.75. The fourth-order valence-corrected chi connectivity index (χ4v) is 3.60. The molecule has 1 saturated heterocycles. The predicted molar refractivity (Wildman–Crippen MR) is 96.2 cm³/mol. The summed E-state index contributed by atoms with van der Waals surface area (Å²) in [6, 6.07) is 0. The zero-order valence-electron chi connectivity index (χ0n) is 15.7. The quantitative estimate of drug-likeness (QED) is 0.485. The molecule has 0 aromatic carbocycles. The van der Waals surface area contributed by atoms with Crippen LogP contribution in [0.5, 0.6) is 0 Å². The molecule has 146 valence electrons. The minimum absolute atomic E-state index is 0.236. The van der Waals surface area contributed by atoms with Crippen molar-refractivity contribution >= 4 is 11.9 Å². The monoisotopic (exact) mass is 366 g/mol. The summed E-state index contributed by atoms with van der Waals surface area (Å²) < 4.78 is 22.8. The van der Waals surface area contributed by atoms with Gasteiger partial charge in [-0.2, -0.15) is 0 Å². The molecule has 1 saturated carbocycles. The highest BCUT2D eigenvalue weighted by atomic mass is 16.7. The Morgan fingerprint density at radius 2 is 1.54 bits per heavy atom. The van der Waals surface area contributed by atoms with Crippen molar-refractivity contribution in [3.63, 3.8) is 0 Å². The summed E-state index contributed by atoms with van der Waals surface area (Å²) in [5.74, 6) is -0.870. The van der Waals surface area contributed by atoms with Crippen molar-refractivity contribution in [1.82, 2.24) is 0 Å². The smallest absolute Gasteiger partial charge is 0.330 e. The maximum absolute atomic E-state index is 11.5. The number of esters is 2. The van der Waals surface area contributed by atoms with Crippen LogP contribution in [0.4, 0.5) is 0 Å². The summed E-state index contributed by atoms with van der Waals surface area (Å²) in [6.45, 7) is 10.3. The molecule has 0 aromatic heterocycles. The molecule has 0 aromatic rings. The normalized spacial score (nSPS) is 28.0. The van der Waals surface area contributed by atoms with Crippen LogP contribution < -0.4 is 0 Å². The van der Waals surface area contributed by atoms with Gasteiger partial charge in [0.2, 0.25) is 0 Å². The number of ether oxygens (including phenoxy) is 4. The lowest BCUT2D eigenvalue weighted by molar-refractivity contribution is -0.292. The third kappa shape index (κ3) is 4.95. The van der Waals surface area contributed by atoms with Crippen LogP contribution in [0.1, 0.15) is 45.4 Å². The standard InChI is InChI=1S/C20H30O6/c1-4-16(21)23-12-19(6-3)13-25-18(26-14-19)20(10-8-7-9-11-20)15-24-17(22)5-2/h4-5,18H,1-2,6-15H2,3H3. The molecule has 1 aliphatic carbocycles. The van der Waals surface area contributed by atoms with Gasteiger partial charge < -0.3 is 18.9 Å². The zero-order valence-corrected chi connectivity index (χ0v) is 15.7. The number of carbonyl (C=O) groups is 2. The van der Waals surface area contributed by atoms with Gasteiger partial charge in [-0.25, -0.2) is 9.59 Å². The van der Waals surface area contributed by atoms with Gasteiger partial charge in [0.05, 0.1) is 24.0 Å². The molecule has 6 heteroatoms. The lowest BCUT2D eigenvalue weighted by atomic mass is 9.73. The van der Waals surface area contributed by atoms with Gasteiger partial charge in [0.1, 0.15) is 13.2 Å². The highest BCUT2D eigenvalue weighted by Gasteiger charge is 2.47. The van der Waals surface area contributed by atoms with E-state index < -0.39 is 18.2 Å². The molecule has 0 amide bonds. The molecule has 1 heterocycles. The van der Waals surface area contributed by atoms with Gasteiger partial charge in [0.25, 0.3) is 0 Å². The lowest BCUT2D eigenvalue weighted by Gasteiger charge is -2.47. The third-order valence-electron chi connectivity index (χ3n) is 5.54. The Kier molecular flexibility index (Phi) is 7.41. The number of hydrogen-bond acceptors (Lipinski definition) is 6. The van der Waals surface area contributed by atoms with E-state index in [-0.39, 0.29) is 24.0 Å². The summed E-state index contributed by atoms with van der Waals surface area (Å²) in [5, 5.41) is 0. The van der Waals surface area contributed by atoms with Crippen molar-refractivity contribution in [2.24, 2.45) is 10.8 Å². The van der Waals surface area contributed by atoms with Crippen molar-refractivity contribution in [3.05, 3.63) is 25.3 Å². The van der Waals surface area contributed by atoms with Gasteiger partial charge >= 0.3 is 11.9 Å². The molecule has 0 radical (unpaired) electrons. The van der Waals surface area contributed by atoms with Crippen molar-refractivity contribution in [1.29, 1.82) is 0 Å². The second-order valence-electron chi connectivity index (χ2n) is 7.35. The van der Waals surface area contributed by atoms with Crippen molar-refractivity contribution < 1.29 is 28.5 Å². The first-order valence-corrected chi connectivity index (χ1v) is 9.31. The summed E-state index contributed by atoms with van der Waals surface area (Å²) in [5.41, 5.74) is -0.683. The Balaban J connectivity index is 2.01. The molecular weight excluding hydrogens is 336 g/mol. The molecule has 2 aliphatic rings. The highest BCUT2D eigenvalue weighted by molar-refractivity contribution is 5.81. The van der Waals surface area contributed by atoms with Crippen molar-refractivity contribution in [2.75, 3.05) is 26.4 Å². The average Bonchev–Trinajstić information content (AvgIpc) is 2.71. The Morgan fingerprint density at radius 3 is 2.04 bits per heavy atom. The van der Waals surface area contributed by atoms with E-state index >= 15 is 0 Å². The highest BCUT2D eigenvalue weighted by Crippen LogP contribution is 2.44. The Bertz CT molecular complexity index is 512. The molecule has 0 atom stereocenters. The minimum Gasteiger partial charge on any atom is -0.462 e. The van der Waals surface area contributed by atoms with E-state index in [4.69, 9.17) is 18.9 Å². The molecule has 0 bridgehead atoms. The summed E-state index contributed by atoms with van der Waals surface area (Å²) in [4.78, 5) is 22.9. The molecular formula is C20H30O6. The van der Waals surface area contributed by atoms with Crippen LogP contribution in [-0.2, 0) is 28.5 Å². The number of rotatable bonds is 8. The first kappa shape index (κ1) is 20.6. The molecule has 6 nitrogen and oxygen atoms in total. The van der Waals surface area contributed by atoms with Gasteiger partial charge in [-0.3, -0.25) is 0 Å². The van der Waals surface area contributed by atoms with Crippen LogP contribution in [0.25, 0.3) is 0 Å². The fourth-order valence-electron chi connectivity index (χ4n) is 3.60. The predicted octanol–water partition coefficient (Wildman–Crippen LogP) is 3.16. The first-order chi connectivity index (χ1) is 12.5. The maximum atomic E-state index is 11.5.